The summed E-state index contributed by atoms with van der Waals surface area (Å²) in [5.74, 6) is 0.730. The van der Waals surface area contributed by atoms with E-state index in [4.69, 9.17) is 14.0 Å². The number of nitrogens with zero attached hydrogens (tertiary/aromatic N) is 3. The predicted molar refractivity (Wildman–Crippen MR) is 146 cm³/mol. The van der Waals surface area contributed by atoms with Crippen molar-refractivity contribution >= 4 is 22.3 Å². The molecule has 2 aromatic carbocycles. The Bertz CT molecular complexity index is 1520. The van der Waals surface area contributed by atoms with Gasteiger partial charge in [0.1, 0.15) is 16.2 Å². The van der Waals surface area contributed by atoms with Crippen LogP contribution in [0.4, 0.5) is 0 Å². The molecule has 0 aliphatic rings. The van der Waals surface area contributed by atoms with Crippen molar-refractivity contribution in [3.05, 3.63) is 89.4 Å². The standard InChI is InChI=1S/C29H30N4O3S/c1-18-27(19(2)35-31-18)24-15-10-11-20(30-24)17-25(33-37(34)29(3,4)5)21-12-6-7-13-22(21)28-23-14-8-9-16-26(23)36-32-28/h6-16,25,33H,17H2,1-5H3. The van der Waals surface area contributed by atoms with Gasteiger partial charge in [-0.15, -0.1) is 4.72 Å². The number of hydrogen-bond acceptors (Lipinski definition) is 7. The van der Waals surface area contributed by atoms with Gasteiger partial charge in [0.25, 0.3) is 0 Å². The van der Waals surface area contributed by atoms with Crippen LogP contribution in [0.2, 0.25) is 0 Å². The van der Waals surface area contributed by atoms with E-state index < -0.39 is 16.1 Å². The van der Waals surface area contributed by atoms with E-state index in [2.05, 4.69) is 21.1 Å². The third-order valence-electron chi connectivity index (χ3n) is 6.28. The average Bonchev–Trinajstić information content (AvgIpc) is 3.45. The lowest BCUT2D eigenvalue weighted by Crippen LogP contribution is -2.42. The van der Waals surface area contributed by atoms with Crippen molar-refractivity contribution in [2.24, 2.45) is 0 Å². The minimum Gasteiger partial charge on any atom is -0.598 e. The van der Waals surface area contributed by atoms with Crippen molar-refractivity contribution in [2.75, 3.05) is 0 Å². The molecule has 3 heterocycles. The summed E-state index contributed by atoms with van der Waals surface area (Å²) in [6, 6.07) is 21.5. The summed E-state index contributed by atoms with van der Waals surface area (Å²) in [5.41, 5.74) is 6.76. The van der Waals surface area contributed by atoms with Gasteiger partial charge in [-0.05, 0) is 64.4 Å². The van der Waals surface area contributed by atoms with Crippen LogP contribution >= 0.6 is 0 Å². The smallest absolute Gasteiger partial charge is 0.167 e. The minimum atomic E-state index is -1.31. The van der Waals surface area contributed by atoms with Crippen LogP contribution in [-0.2, 0) is 17.8 Å². The number of hydrogen-bond donors (Lipinski definition) is 1. The van der Waals surface area contributed by atoms with Gasteiger partial charge in [-0.25, -0.2) is 0 Å². The fraction of sp³-hybridized carbons (Fsp3) is 0.276. The second-order valence-electron chi connectivity index (χ2n) is 10.1. The highest BCUT2D eigenvalue weighted by Crippen LogP contribution is 2.35. The second kappa shape index (κ2) is 10.1. The van der Waals surface area contributed by atoms with Gasteiger partial charge in [-0.3, -0.25) is 4.98 Å². The zero-order valence-corrected chi connectivity index (χ0v) is 22.4. The number of nitrogens with one attached hydrogen (secondary N) is 1. The molecule has 3 aromatic heterocycles. The van der Waals surface area contributed by atoms with Crippen LogP contribution in [0.5, 0.6) is 0 Å². The van der Waals surface area contributed by atoms with E-state index in [1.165, 1.54) is 0 Å². The van der Waals surface area contributed by atoms with Gasteiger partial charge in [0, 0.05) is 34.4 Å². The maximum Gasteiger partial charge on any atom is 0.167 e. The Kier molecular flexibility index (Phi) is 6.90. The predicted octanol–water partition coefficient (Wildman–Crippen LogP) is 6.50. The lowest BCUT2D eigenvalue weighted by molar-refractivity contribution is 0.393. The summed E-state index contributed by atoms with van der Waals surface area (Å²) < 4.78 is 27.2. The summed E-state index contributed by atoms with van der Waals surface area (Å²) >= 11 is -1.31. The number of pyridine rings is 1. The molecule has 0 bridgehead atoms. The molecule has 0 amide bonds. The molecule has 5 rings (SSSR count). The number of benzene rings is 2. The third-order valence-corrected chi connectivity index (χ3v) is 7.89. The number of fused-ring (bicyclic) bond motifs is 1. The molecule has 0 aliphatic carbocycles. The Morgan fingerprint density at radius 1 is 0.919 bits per heavy atom. The van der Waals surface area contributed by atoms with E-state index in [1.54, 1.807) is 0 Å². The molecular formula is C29H30N4O3S. The Labute approximate surface area is 219 Å². The third kappa shape index (κ3) is 5.18. The summed E-state index contributed by atoms with van der Waals surface area (Å²) in [4.78, 5) is 4.94. The minimum absolute atomic E-state index is 0.292. The zero-order valence-electron chi connectivity index (χ0n) is 21.6. The largest absolute Gasteiger partial charge is 0.598 e. The summed E-state index contributed by atoms with van der Waals surface area (Å²) in [6.45, 7) is 9.68. The van der Waals surface area contributed by atoms with Crippen LogP contribution in [0, 0.1) is 13.8 Å². The van der Waals surface area contributed by atoms with Gasteiger partial charge in [0.15, 0.2) is 5.58 Å². The van der Waals surface area contributed by atoms with Gasteiger partial charge >= 0.3 is 0 Å². The molecule has 1 N–H and O–H groups in total. The molecule has 0 saturated carbocycles. The Hall–Kier alpha value is -3.46. The molecule has 0 radical (unpaired) electrons. The lowest BCUT2D eigenvalue weighted by atomic mass is 9.94. The molecule has 8 heteroatoms. The first-order chi connectivity index (χ1) is 17.7. The average molecular weight is 515 g/mol. The quantitative estimate of drug-likeness (QED) is 0.248. The van der Waals surface area contributed by atoms with Crippen LogP contribution in [0.15, 0.2) is 75.8 Å². The van der Waals surface area contributed by atoms with E-state index in [-0.39, 0.29) is 6.04 Å². The molecule has 7 nitrogen and oxygen atoms in total. The molecule has 0 saturated heterocycles. The van der Waals surface area contributed by atoms with Crippen molar-refractivity contribution in [1.82, 2.24) is 20.0 Å². The van der Waals surface area contributed by atoms with Crippen LogP contribution in [0.25, 0.3) is 33.5 Å². The zero-order chi connectivity index (χ0) is 26.2. The lowest BCUT2D eigenvalue weighted by Gasteiger charge is -2.29. The first kappa shape index (κ1) is 25.2. The number of aromatic nitrogens is 3. The molecular weight excluding hydrogens is 484 g/mol. The highest BCUT2D eigenvalue weighted by molar-refractivity contribution is 7.90. The number of aryl methyl sites for hydroxylation is 2. The maximum absolute atomic E-state index is 13.3. The van der Waals surface area contributed by atoms with Crippen molar-refractivity contribution in [3.8, 4) is 22.5 Å². The summed E-state index contributed by atoms with van der Waals surface area (Å²) in [5, 5.41) is 9.41. The van der Waals surface area contributed by atoms with Gasteiger partial charge in [0.05, 0.1) is 23.0 Å². The number of rotatable bonds is 7. The monoisotopic (exact) mass is 514 g/mol. The summed E-state index contributed by atoms with van der Waals surface area (Å²) in [7, 11) is 0. The SMILES string of the molecule is Cc1noc(C)c1-c1cccc(CC(N[S+]([O-])C(C)(C)C)c2ccccc2-c2noc3ccccc23)n1. The first-order valence-corrected chi connectivity index (χ1v) is 13.4. The van der Waals surface area contributed by atoms with E-state index in [0.717, 1.165) is 56.2 Å². The first-order valence-electron chi connectivity index (χ1n) is 12.2. The van der Waals surface area contributed by atoms with E-state index >= 15 is 0 Å². The van der Waals surface area contributed by atoms with Crippen molar-refractivity contribution in [1.29, 1.82) is 0 Å². The highest BCUT2D eigenvalue weighted by Gasteiger charge is 2.32. The molecule has 2 atom stereocenters. The van der Waals surface area contributed by atoms with Crippen molar-refractivity contribution in [2.45, 2.75) is 51.8 Å². The molecule has 5 aromatic rings. The van der Waals surface area contributed by atoms with Crippen molar-refractivity contribution < 1.29 is 13.6 Å². The van der Waals surface area contributed by atoms with Gasteiger partial charge in [-0.2, -0.15) is 0 Å². The van der Waals surface area contributed by atoms with Crippen LogP contribution in [0.3, 0.4) is 0 Å². The molecule has 2 unspecified atom stereocenters. The van der Waals surface area contributed by atoms with Gasteiger partial charge < -0.3 is 13.6 Å². The fourth-order valence-electron chi connectivity index (χ4n) is 4.41. The highest BCUT2D eigenvalue weighted by atomic mass is 32.2. The normalized spacial score (nSPS) is 13.7. The molecule has 0 fully saturated rings. The van der Waals surface area contributed by atoms with Crippen LogP contribution in [-0.4, -0.2) is 24.6 Å². The summed E-state index contributed by atoms with van der Waals surface area (Å²) in [6.07, 6.45) is 0.520. The Morgan fingerprint density at radius 2 is 1.68 bits per heavy atom. The fourth-order valence-corrected chi connectivity index (χ4v) is 5.23. The second-order valence-corrected chi connectivity index (χ2v) is 12.1. The topological polar surface area (TPSA) is 100 Å². The number of para-hydroxylation sites is 1. The molecule has 190 valence electrons. The Balaban J connectivity index is 1.58. The molecule has 0 spiro atoms. The van der Waals surface area contributed by atoms with E-state index in [1.807, 2.05) is 95.3 Å². The van der Waals surface area contributed by atoms with Crippen molar-refractivity contribution in [3.63, 3.8) is 0 Å². The van der Waals surface area contributed by atoms with E-state index in [9.17, 15) is 4.55 Å². The van der Waals surface area contributed by atoms with Gasteiger partial charge in [0.2, 0.25) is 0 Å². The molecule has 37 heavy (non-hydrogen) atoms. The molecule has 0 aliphatic heterocycles. The Morgan fingerprint density at radius 3 is 2.43 bits per heavy atom. The van der Waals surface area contributed by atoms with Crippen LogP contribution < -0.4 is 4.72 Å². The van der Waals surface area contributed by atoms with Gasteiger partial charge in [-0.1, -0.05) is 52.8 Å². The van der Waals surface area contributed by atoms with E-state index in [0.29, 0.717) is 6.42 Å². The van der Waals surface area contributed by atoms with Crippen LogP contribution in [0.1, 0.15) is 49.5 Å². The maximum atomic E-state index is 13.3.